The summed E-state index contributed by atoms with van der Waals surface area (Å²) in [4.78, 5) is 4.43. The van der Waals surface area contributed by atoms with Gasteiger partial charge in [0.2, 0.25) is 0 Å². The normalized spacial score (nSPS) is 10.8. The summed E-state index contributed by atoms with van der Waals surface area (Å²) in [5, 5.41) is 10.1. The third-order valence-electron chi connectivity index (χ3n) is 2.39. The van der Waals surface area contributed by atoms with Crippen LogP contribution in [0.4, 0.5) is 0 Å². The summed E-state index contributed by atoms with van der Waals surface area (Å²) in [5.74, 6) is 0. The number of hydrogen-bond donors (Lipinski definition) is 1. The van der Waals surface area contributed by atoms with Crippen LogP contribution in [0.25, 0.3) is 10.9 Å². The van der Waals surface area contributed by atoms with Gasteiger partial charge in [-0.2, -0.15) is 0 Å². The van der Waals surface area contributed by atoms with Gasteiger partial charge in [-0.1, -0.05) is 6.07 Å². The van der Waals surface area contributed by atoms with E-state index in [1.807, 2.05) is 25.1 Å². The summed E-state index contributed by atoms with van der Waals surface area (Å²) in [5.41, 5.74) is 4.18. The summed E-state index contributed by atoms with van der Waals surface area (Å²) in [6, 6.07) is 7.93. The highest BCUT2D eigenvalue weighted by atomic mass is 16.3. The van der Waals surface area contributed by atoms with Crippen molar-refractivity contribution in [2.75, 3.05) is 0 Å². The molecular formula is C12H13NO. The standard InChI is InChI=1S/C12H13NO/c1-8-5-9(2)13-12-4-3-10(7-14)6-11(8)12/h3-6,14H,7H2,1-2H3. The summed E-state index contributed by atoms with van der Waals surface area (Å²) in [6.07, 6.45) is 0. The van der Waals surface area contributed by atoms with E-state index in [1.165, 1.54) is 5.56 Å². The van der Waals surface area contributed by atoms with E-state index in [0.717, 1.165) is 22.2 Å². The number of aliphatic hydroxyl groups excluding tert-OH is 1. The number of fused-ring (bicyclic) bond motifs is 1. The molecule has 1 N–H and O–H groups in total. The molecule has 0 saturated heterocycles. The highest BCUT2D eigenvalue weighted by Crippen LogP contribution is 2.19. The molecular weight excluding hydrogens is 174 g/mol. The van der Waals surface area contributed by atoms with Crippen LogP contribution in [-0.2, 0) is 6.61 Å². The van der Waals surface area contributed by atoms with Gasteiger partial charge in [0, 0.05) is 11.1 Å². The number of rotatable bonds is 1. The molecule has 1 heterocycles. The molecule has 1 aromatic carbocycles. The van der Waals surface area contributed by atoms with Gasteiger partial charge in [-0.05, 0) is 43.2 Å². The Morgan fingerprint density at radius 2 is 2.00 bits per heavy atom. The summed E-state index contributed by atoms with van der Waals surface area (Å²) in [7, 11) is 0. The maximum Gasteiger partial charge on any atom is 0.0708 e. The first kappa shape index (κ1) is 9.16. The molecule has 1 aromatic heterocycles. The van der Waals surface area contributed by atoms with Crippen molar-refractivity contribution in [3.63, 3.8) is 0 Å². The lowest BCUT2D eigenvalue weighted by molar-refractivity contribution is 0.282. The number of aliphatic hydroxyl groups is 1. The summed E-state index contributed by atoms with van der Waals surface area (Å²) < 4.78 is 0. The fourth-order valence-electron chi connectivity index (χ4n) is 1.71. The van der Waals surface area contributed by atoms with Crippen molar-refractivity contribution in [2.24, 2.45) is 0 Å². The van der Waals surface area contributed by atoms with E-state index < -0.39 is 0 Å². The van der Waals surface area contributed by atoms with Crippen molar-refractivity contribution in [1.29, 1.82) is 0 Å². The van der Waals surface area contributed by atoms with Crippen molar-refractivity contribution >= 4 is 10.9 Å². The van der Waals surface area contributed by atoms with E-state index >= 15 is 0 Å². The monoisotopic (exact) mass is 187 g/mol. The van der Waals surface area contributed by atoms with Crippen LogP contribution < -0.4 is 0 Å². The second kappa shape index (κ2) is 3.39. The third-order valence-corrected chi connectivity index (χ3v) is 2.39. The van der Waals surface area contributed by atoms with Crippen molar-refractivity contribution in [3.05, 3.63) is 41.1 Å². The molecule has 72 valence electrons. The minimum Gasteiger partial charge on any atom is -0.392 e. The average Bonchev–Trinajstić information content (AvgIpc) is 2.17. The fraction of sp³-hybridized carbons (Fsp3) is 0.250. The Bertz CT molecular complexity index is 477. The smallest absolute Gasteiger partial charge is 0.0708 e. The maximum atomic E-state index is 9.02. The van der Waals surface area contributed by atoms with Crippen LogP contribution in [0.5, 0.6) is 0 Å². The zero-order chi connectivity index (χ0) is 10.1. The number of benzene rings is 1. The number of aryl methyl sites for hydroxylation is 2. The molecule has 0 aliphatic heterocycles. The van der Waals surface area contributed by atoms with Crippen LogP contribution in [-0.4, -0.2) is 10.1 Å². The van der Waals surface area contributed by atoms with Gasteiger partial charge in [-0.25, -0.2) is 0 Å². The Balaban J connectivity index is 2.75. The minimum absolute atomic E-state index is 0.0866. The van der Waals surface area contributed by atoms with E-state index in [2.05, 4.69) is 18.0 Å². The third kappa shape index (κ3) is 1.49. The quantitative estimate of drug-likeness (QED) is 0.743. The van der Waals surface area contributed by atoms with Gasteiger partial charge in [-0.15, -0.1) is 0 Å². The van der Waals surface area contributed by atoms with Gasteiger partial charge in [0.25, 0.3) is 0 Å². The Hall–Kier alpha value is -1.41. The molecule has 0 saturated carbocycles. The molecule has 0 radical (unpaired) electrons. The molecule has 0 unspecified atom stereocenters. The summed E-state index contributed by atoms with van der Waals surface area (Å²) >= 11 is 0. The lowest BCUT2D eigenvalue weighted by Gasteiger charge is -2.04. The Morgan fingerprint density at radius 1 is 1.21 bits per heavy atom. The SMILES string of the molecule is Cc1cc(C)c2cc(CO)ccc2n1. The Morgan fingerprint density at radius 3 is 2.71 bits per heavy atom. The second-order valence-electron chi connectivity index (χ2n) is 3.59. The highest BCUT2D eigenvalue weighted by Gasteiger charge is 2.01. The van der Waals surface area contributed by atoms with Crippen LogP contribution in [0.1, 0.15) is 16.8 Å². The molecule has 2 rings (SSSR count). The van der Waals surface area contributed by atoms with E-state index in [1.54, 1.807) is 0 Å². The molecule has 0 amide bonds. The first-order valence-corrected chi connectivity index (χ1v) is 4.68. The average molecular weight is 187 g/mol. The van der Waals surface area contributed by atoms with Crippen molar-refractivity contribution in [2.45, 2.75) is 20.5 Å². The van der Waals surface area contributed by atoms with E-state index in [-0.39, 0.29) is 6.61 Å². The molecule has 2 heteroatoms. The Labute approximate surface area is 83.2 Å². The van der Waals surface area contributed by atoms with Crippen molar-refractivity contribution in [3.8, 4) is 0 Å². The molecule has 0 spiro atoms. The van der Waals surface area contributed by atoms with Crippen LogP contribution in [0.15, 0.2) is 24.3 Å². The first-order chi connectivity index (χ1) is 6.70. The maximum absolute atomic E-state index is 9.02. The predicted molar refractivity (Wildman–Crippen MR) is 57.1 cm³/mol. The second-order valence-corrected chi connectivity index (χ2v) is 3.59. The number of nitrogens with zero attached hydrogens (tertiary/aromatic N) is 1. The minimum atomic E-state index is 0.0866. The van der Waals surface area contributed by atoms with Gasteiger partial charge < -0.3 is 5.11 Å². The van der Waals surface area contributed by atoms with E-state index in [0.29, 0.717) is 0 Å². The zero-order valence-electron chi connectivity index (χ0n) is 8.41. The van der Waals surface area contributed by atoms with Crippen LogP contribution in [0.2, 0.25) is 0 Å². The molecule has 0 bridgehead atoms. The molecule has 0 aliphatic carbocycles. The lowest BCUT2D eigenvalue weighted by Crippen LogP contribution is -1.89. The highest BCUT2D eigenvalue weighted by molar-refractivity contribution is 5.82. The van der Waals surface area contributed by atoms with Crippen molar-refractivity contribution < 1.29 is 5.11 Å². The van der Waals surface area contributed by atoms with Gasteiger partial charge in [0.15, 0.2) is 0 Å². The van der Waals surface area contributed by atoms with Crippen LogP contribution >= 0.6 is 0 Å². The molecule has 0 atom stereocenters. The first-order valence-electron chi connectivity index (χ1n) is 4.68. The number of aromatic nitrogens is 1. The predicted octanol–water partition coefficient (Wildman–Crippen LogP) is 2.34. The molecule has 2 nitrogen and oxygen atoms in total. The summed E-state index contributed by atoms with van der Waals surface area (Å²) in [6.45, 7) is 4.15. The largest absolute Gasteiger partial charge is 0.392 e. The zero-order valence-corrected chi connectivity index (χ0v) is 8.41. The molecule has 0 aliphatic rings. The molecule has 14 heavy (non-hydrogen) atoms. The fourth-order valence-corrected chi connectivity index (χ4v) is 1.71. The molecule has 2 aromatic rings. The van der Waals surface area contributed by atoms with Gasteiger partial charge in [0.1, 0.15) is 0 Å². The topological polar surface area (TPSA) is 33.1 Å². The Kier molecular flexibility index (Phi) is 2.22. The van der Waals surface area contributed by atoms with E-state index in [9.17, 15) is 0 Å². The lowest BCUT2D eigenvalue weighted by atomic mass is 10.1. The van der Waals surface area contributed by atoms with Crippen LogP contribution in [0.3, 0.4) is 0 Å². The van der Waals surface area contributed by atoms with Gasteiger partial charge in [-0.3, -0.25) is 4.98 Å². The number of pyridine rings is 1. The van der Waals surface area contributed by atoms with E-state index in [4.69, 9.17) is 5.11 Å². The molecule has 0 fully saturated rings. The van der Waals surface area contributed by atoms with Crippen molar-refractivity contribution in [1.82, 2.24) is 4.98 Å². The van der Waals surface area contributed by atoms with Crippen LogP contribution in [0, 0.1) is 13.8 Å². The van der Waals surface area contributed by atoms with Gasteiger partial charge >= 0.3 is 0 Å². The number of hydrogen-bond acceptors (Lipinski definition) is 2. The van der Waals surface area contributed by atoms with Gasteiger partial charge in [0.05, 0.1) is 12.1 Å².